The average Bonchev–Trinajstić information content (AvgIpc) is 3.34. The molecule has 0 aliphatic carbocycles. The maximum Gasteiger partial charge on any atom is 0.306 e. The lowest BCUT2D eigenvalue weighted by Gasteiger charge is -2.40. The van der Waals surface area contributed by atoms with Gasteiger partial charge in [0.15, 0.2) is 12.4 Å². The van der Waals surface area contributed by atoms with Crippen LogP contribution in [0.1, 0.15) is 290 Å². The van der Waals surface area contributed by atoms with Gasteiger partial charge in [0.1, 0.15) is 36.8 Å². The molecule has 12 nitrogen and oxygen atoms in total. The number of allylic oxidation sites excluding steroid dienone is 2. The van der Waals surface area contributed by atoms with E-state index in [0.717, 1.165) is 38.5 Å². The van der Waals surface area contributed by atoms with E-state index in [9.17, 15) is 37.9 Å². The Balaban J connectivity index is 2.28. The number of ether oxygens (including phenoxy) is 4. The third kappa shape index (κ3) is 42.3. The Morgan fingerprint density at radius 3 is 1.17 bits per heavy atom. The number of carbonyl (C=O) groups excluding carboxylic acids is 2. The predicted octanol–water partition coefficient (Wildman–Crippen LogP) is 14.5. The van der Waals surface area contributed by atoms with Crippen molar-refractivity contribution in [2.45, 2.75) is 327 Å². The smallest absolute Gasteiger partial charge is 0.306 e. The van der Waals surface area contributed by atoms with Crippen molar-refractivity contribution in [3.8, 4) is 0 Å². The molecule has 1 aliphatic heterocycles. The van der Waals surface area contributed by atoms with Crippen LogP contribution in [0.4, 0.5) is 0 Å². The topological polar surface area (TPSA) is 186 Å². The number of aliphatic hydroxyl groups is 3. The van der Waals surface area contributed by atoms with Gasteiger partial charge < -0.3 is 34.3 Å². The molecule has 1 rings (SSSR count). The summed E-state index contributed by atoms with van der Waals surface area (Å²) in [6, 6.07) is 0. The van der Waals surface area contributed by atoms with Crippen molar-refractivity contribution in [2.75, 3.05) is 19.0 Å². The summed E-state index contributed by atoms with van der Waals surface area (Å²) in [4.78, 5) is 25.6. The molecule has 71 heavy (non-hydrogen) atoms. The number of carbonyl (C=O) groups is 2. The summed E-state index contributed by atoms with van der Waals surface area (Å²) in [6.07, 6.45) is 46.8. The highest BCUT2D eigenvalue weighted by Gasteiger charge is 2.46. The van der Waals surface area contributed by atoms with Crippen LogP contribution in [-0.4, -0.2) is 96.0 Å². The van der Waals surface area contributed by atoms with Crippen LogP contribution in [0.5, 0.6) is 0 Å². The fraction of sp³-hybridized carbons (Fsp3) is 0.931. The molecule has 6 atom stereocenters. The number of aliphatic hydroxyl groups excluding tert-OH is 3. The third-order valence-corrected chi connectivity index (χ3v) is 14.8. The predicted molar refractivity (Wildman–Crippen MR) is 289 cm³/mol. The normalized spacial score (nSPS) is 18.9. The number of hydrogen-bond donors (Lipinski definition) is 4. The minimum absolute atomic E-state index is 0.167. The van der Waals surface area contributed by atoms with Crippen molar-refractivity contribution in [1.29, 1.82) is 0 Å². The van der Waals surface area contributed by atoms with Crippen LogP contribution in [0.2, 0.25) is 0 Å². The van der Waals surface area contributed by atoms with Gasteiger partial charge in [-0.2, -0.15) is 8.42 Å². The monoisotopic (exact) mass is 1030 g/mol. The van der Waals surface area contributed by atoms with Crippen molar-refractivity contribution < 1.29 is 56.8 Å². The summed E-state index contributed by atoms with van der Waals surface area (Å²) in [5.74, 6) is -1.96. The van der Waals surface area contributed by atoms with Crippen LogP contribution in [0, 0.1) is 0 Å². The second kappa shape index (κ2) is 48.1. The Morgan fingerprint density at radius 2 is 0.803 bits per heavy atom. The largest absolute Gasteiger partial charge is 0.462 e. The van der Waals surface area contributed by atoms with E-state index >= 15 is 0 Å². The zero-order valence-corrected chi connectivity index (χ0v) is 46.4. The van der Waals surface area contributed by atoms with Crippen LogP contribution in [-0.2, 0) is 38.7 Å². The van der Waals surface area contributed by atoms with Gasteiger partial charge >= 0.3 is 11.9 Å². The Morgan fingerprint density at radius 1 is 0.465 bits per heavy atom. The van der Waals surface area contributed by atoms with Gasteiger partial charge in [0, 0.05) is 12.8 Å². The lowest BCUT2D eigenvalue weighted by Crippen LogP contribution is -2.60. The second-order valence-electron chi connectivity index (χ2n) is 21.0. The van der Waals surface area contributed by atoms with Gasteiger partial charge in [-0.1, -0.05) is 251 Å². The zero-order valence-electron chi connectivity index (χ0n) is 45.6. The molecule has 1 fully saturated rings. The van der Waals surface area contributed by atoms with Crippen molar-refractivity contribution in [3.63, 3.8) is 0 Å². The average molecular weight is 1030 g/mol. The molecule has 0 radical (unpaired) electrons. The van der Waals surface area contributed by atoms with Crippen LogP contribution in [0.3, 0.4) is 0 Å². The molecule has 420 valence electrons. The fourth-order valence-electron chi connectivity index (χ4n) is 9.50. The standard InChI is InChI=1S/C58H110O12S/c1-3-5-7-9-11-13-15-17-19-21-23-25-27-28-30-32-34-36-38-40-42-44-46-53(59)67-48-51(49-68-58-57(63)56(62)55(61)52(70-58)50-71(64,65)66)69-54(60)47-45-43-41-39-37-35-33-31-29-26-24-22-20-18-16-14-12-10-8-6-4-2/h22,24,51-52,55-58,61-63H,3-21,23,25-50H2,1-2H3,(H,64,65,66)/b24-22-. The van der Waals surface area contributed by atoms with Gasteiger partial charge in [-0.15, -0.1) is 0 Å². The first-order valence-electron chi connectivity index (χ1n) is 29.7. The lowest BCUT2D eigenvalue weighted by atomic mass is 10.00. The third-order valence-electron chi connectivity index (χ3n) is 14.1. The molecular formula is C58H110O12S. The molecule has 0 amide bonds. The Hall–Kier alpha value is -1.61. The first-order chi connectivity index (χ1) is 34.5. The number of unbranched alkanes of at least 4 members (excludes halogenated alkanes) is 38. The molecule has 13 heteroatoms. The Bertz CT molecular complexity index is 1340. The van der Waals surface area contributed by atoms with Crippen LogP contribution >= 0.6 is 0 Å². The molecule has 0 spiro atoms. The molecule has 1 heterocycles. The Kier molecular flexibility index (Phi) is 45.6. The zero-order chi connectivity index (χ0) is 51.9. The molecule has 0 aromatic carbocycles. The summed E-state index contributed by atoms with van der Waals surface area (Å²) >= 11 is 0. The summed E-state index contributed by atoms with van der Waals surface area (Å²) in [6.45, 7) is 3.83. The highest BCUT2D eigenvalue weighted by atomic mass is 32.2. The molecule has 0 aromatic heterocycles. The molecule has 0 bridgehead atoms. The van der Waals surface area contributed by atoms with Gasteiger partial charge in [0.05, 0.1) is 6.61 Å². The minimum Gasteiger partial charge on any atom is -0.462 e. The van der Waals surface area contributed by atoms with Crippen LogP contribution in [0.25, 0.3) is 0 Å². The van der Waals surface area contributed by atoms with Crippen molar-refractivity contribution in [1.82, 2.24) is 0 Å². The highest BCUT2D eigenvalue weighted by molar-refractivity contribution is 7.85. The Labute approximate surface area is 435 Å². The van der Waals surface area contributed by atoms with E-state index in [4.69, 9.17) is 18.9 Å². The summed E-state index contributed by atoms with van der Waals surface area (Å²) in [5, 5.41) is 31.1. The molecule has 4 N–H and O–H groups in total. The number of hydrogen-bond acceptors (Lipinski definition) is 11. The van der Waals surface area contributed by atoms with E-state index in [1.807, 2.05) is 0 Å². The quantitative estimate of drug-likeness (QED) is 0.0196. The van der Waals surface area contributed by atoms with Crippen molar-refractivity contribution >= 4 is 22.1 Å². The van der Waals surface area contributed by atoms with E-state index in [-0.39, 0.29) is 19.4 Å². The summed E-state index contributed by atoms with van der Waals surface area (Å²) in [7, 11) is -4.61. The van der Waals surface area contributed by atoms with Gasteiger partial charge in [-0.05, 0) is 38.5 Å². The molecule has 6 unspecified atom stereocenters. The number of esters is 2. The second-order valence-corrected chi connectivity index (χ2v) is 22.5. The molecule has 1 saturated heterocycles. The van der Waals surface area contributed by atoms with Gasteiger partial charge in [0.25, 0.3) is 10.1 Å². The van der Waals surface area contributed by atoms with Gasteiger partial charge in [-0.3, -0.25) is 14.1 Å². The first-order valence-corrected chi connectivity index (χ1v) is 31.4. The van der Waals surface area contributed by atoms with Gasteiger partial charge in [0.2, 0.25) is 0 Å². The summed E-state index contributed by atoms with van der Waals surface area (Å²) in [5.41, 5.74) is 0. The van der Waals surface area contributed by atoms with E-state index in [0.29, 0.717) is 12.8 Å². The SMILES string of the molecule is CCCCCCCCCC/C=C\CCCCCCCCCCCC(=O)OC(COC(=O)CCCCCCCCCCCCCCCCCCCCCCCC)COC1OC(CS(=O)(=O)O)C(O)C(O)C1O. The maximum atomic E-state index is 12.9. The minimum atomic E-state index is -4.61. The highest BCUT2D eigenvalue weighted by Crippen LogP contribution is 2.24. The van der Waals surface area contributed by atoms with E-state index in [1.54, 1.807) is 0 Å². The lowest BCUT2D eigenvalue weighted by molar-refractivity contribution is -0.297. The summed E-state index contributed by atoms with van der Waals surface area (Å²) < 4.78 is 54.4. The maximum absolute atomic E-state index is 12.9. The van der Waals surface area contributed by atoms with Crippen molar-refractivity contribution in [2.24, 2.45) is 0 Å². The molecular weight excluding hydrogens is 921 g/mol. The van der Waals surface area contributed by atoms with E-state index in [1.165, 1.54) is 212 Å². The first kappa shape index (κ1) is 67.4. The van der Waals surface area contributed by atoms with Crippen molar-refractivity contribution in [3.05, 3.63) is 12.2 Å². The van der Waals surface area contributed by atoms with Crippen LogP contribution in [0.15, 0.2) is 12.2 Å². The molecule has 0 aromatic rings. The number of rotatable bonds is 52. The van der Waals surface area contributed by atoms with E-state index in [2.05, 4.69) is 26.0 Å². The molecule has 1 aliphatic rings. The van der Waals surface area contributed by atoms with Crippen LogP contribution < -0.4 is 0 Å². The van der Waals surface area contributed by atoms with E-state index < -0.39 is 71.2 Å². The fourth-order valence-corrected chi connectivity index (χ4v) is 10.2. The van der Waals surface area contributed by atoms with Gasteiger partial charge in [-0.25, -0.2) is 0 Å². The molecule has 0 saturated carbocycles.